The third-order valence-corrected chi connectivity index (χ3v) is 2.62. The molecule has 1 rings (SSSR count). The summed E-state index contributed by atoms with van der Waals surface area (Å²) in [5, 5.41) is 3.43. The molecule has 0 radical (unpaired) electrons. The SMILES string of the molecule is CC#CCNC1CCCC(OC)C1. The highest BCUT2D eigenvalue weighted by molar-refractivity contribution is 4.98. The lowest BCUT2D eigenvalue weighted by Gasteiger charge is -2.28. The van der Waals surface area contributed by atoms with Gasteiger partial charge in [0.15, 0.2) is 0 Å². The summed E-state index contributed by atoms with van der Waals surface area (Å²) >= 11 is 0. The monoisotopic (exact) mass is 181 g/mol. The molecule has 0 heterocycles. The van der Waals surface area contributed by atoms with Crippen molar-refractivity contribution < 1.29 is 4.74 Å². The molecule has 1 saturated carbocycles. The Bertz CT molecular complexity index is 192. The Hall–Kier alpha value is -0.520. The molecule has 0 spiro atoms. The van der Waals surface area contributed by atoms with Gasteiger partial charge in [-0.05, 0) is 32.6 Å². The van der Waals surface area contributed by atoms with Gasteiger partial charge in [0.1, 0.15) is 0 Å². The molecule has 1 N–H and O–H groups in total. The lowest BCUT2D eigenvalue weighted by atomic mass is 9.93. The van der Waals surface area contributed by atoms with E-state index in [1.165, 1.54) is 19.3 Å². The van der Waals surface area contributed by atoms with Crippen molar-refractivity contribution in [2.24, 2.45) is 0 Å². The van der Waals surface area contributed by atoms with Crippen LogP contribution < -0.4 is 5.32 Å². The molecule has 0 aromatic heterocycles. The van der Waals surface area contributed by atoms with Crippen molar-refractivity contribution in [3.63, 3.8) is 0 Å². The van der Waals surface area contributed by atoms with Crippen LogP contribution in [0.15, 0.2) is 0 Å². The summed E-state index contributed by atoms with van der Waals surface area (Å²) in [7, 11) is 1.80. The molecule has 1 aliphatic rings. The first-order valence-electron chi connectivity index (χ1n) is 5.02. The molecule has 0 aliphatic heterocycles. The molecule has 2 nitrogen and oxygen atoms in total. The first-order valence-corrected chi connectivity index (χ1v) is 5.02. The van der Waals surface area contributed by atoms with E-state index in [-0.39, 0.29) is 0 Å². The first kappa shape index (κ1) is 10.6. The first-order chi connectivity index (χ1) is 6.36. The number of nitrogens with one attached hydrogen (secondary N) is 1. The molecule has 2 unspecified atom stereocenters. The molecule has 0 saturated heterocycles. The minimum absolute atomic E-state index is 0.459. The van der Waals surface area contributed by atoms with E-state index < -0.39 is 0 Å². The summed E-state index contributed by atoms with van der Waals surface area (Å²) < 4.78 is 5.35. The highest BCUT2D eigenvalue weighted by Crippen LogP contribution is 2.20. The molecular weight excluding hydrogens is 162 g/mol. The van der Waals surface area contributed by atoms with Crippen LogP contribution in [0.5, 0.6) is 0 Å². The second-order valence-electron chi connectivity index (χ2n) is 3.53. The van der Waals surface area contributed by atoms with Crippen molar-refractivity contribution in [3.05, 3.63) is 0 Å². The molecule has 2 atom stereocenters. The molecule has 13 heavy (non-hydrogen) atoms. The average molecular weight is 181 g/mol. The van der Waals surface area contributed by atoms with Crippen molar-refractivity contribution >= 4 is 0 Å². The van der Waals surface area contributed by atoms with Crippen molar-refractivity contribution in [1.29, 1.82) is 0 Å². The summed E-state index contributed by atoms with van der Waals surface area (Å²) in [5.74, 6) is 5.92. The quantitative estimate of drug-likeness (QED) is 0.667. The Labute approximate surface area is 81.0 Å². The van der Waals surface area contributed by atoms with Crippen LogP contribution in [0, 0.1) is 11.8 Å². The van der Waals surface area contributed by atoms with E-state index in [2.05, 4.69) is 17.2 Å². The summed E-state index contributed by atoms with van der Waals surface area (Å²) in [6, 6.07) is 0.611. The van der Waals surface area contributed by atoms with Gasteiger partial charge in [0.05, 0.1) is 12.6 Å². The fourth-order valence-electron chi connectivity index (χ4n) is 1.83. The smallest absolute Gasteiger partial charge is 0.0586 e. The van der Waals surface area contributed by atoms with Crippen LogP contribution in [0.1, 0.15) is 32.6 Å². The van der Waals surface area contributed by atoms with Gasteiger partial charge in [0, 0.05) is 13.2 Å². The fraction of sp³-hybridized carbons (Fsp3) is 0.818. The third kappa shape index (κ3) is 3.80. The molecule has 0 bridgehead atoms. The Morgan fingerprint density at radius 3 is 3.00 bits per heavy atom. The lowest BCUT2D eigenvalue weighted by molar-refractivity contribution is 0.0595. The Morgan fingerprint density at radius 1 is 1.46 bits per heavy atom. The fourth-order valence-corrected chi connectivity index (χ4v) is 1.83. The maximum Gasteiger partial charge on any atom is 0.0586 e. The van der Waals surface area contributed by atoms with E-state index in [0.717, 1.165) is 13.0 Å². The van der Waals surface area contributed by atoms with Gasteiger partial charge in [-0.25, -0.2) is 0 Å². The summed E-state index contributed by atoms with van der Waals surface area (Å²) in [5.41, 5.74) is 0. The Morgan fingerprint density at radius 2 is 2.31 bits per heavy atom. The maximum atomic E-state index is 5.35. The molecule has 74 valence electrons. The van der Waals surface area contributed by atoms with Gasteiger partial charge in [0.2, 0.25) is 0 Å². The topological polar surface area (TPSA) is 21.3 Å². The number of methoxy groups -OCH3 is 1. The second kappa shape index (κ2) is 6.01. The van der Waals surface area contributed by atoms with Gasteiger partial charge in [-0.3, -0.25) is 0 Å². The molecule has 0 amide bonds. The van der Waals surface area contributed by atoms with Crippen LogP contribution in [0.3, 0.4) is 0 Å². The summed E-state index contributed by atoms with van der Waals surface area (Å²) in [6.45, 7) is 2.69. The Balaban J connectivity index is 2.20. The number of hydrogen-bond acceptors (Lipinski definition) is 2. The van der Waals surface area contributed by atoms with Crippen molar-refractivity contribution in [3.8, 4) is 11.8 Å². The molecule has 2 heteroatoms. The van der Waals surface area contributed by atoms with E-state index >= 15 is 0 Å². The zero-order chi connectivity index (χ0) is 9.52. The average Bonchev–Trinajstić information content (AvgIpc) is 2.19. The predicted octanol–water partition coefficient (Wildman–Crippen LogP) is 1.56. The van der Waals surface area contributed by atoms with Crippen molar-refractivity contribution in [1.82, 2.24) is 5.32 Å². The van der Waals surface area contributed by atoms with Gasteiger partial charge in [-0.1, -0.05) is 5.92 Å². The standard InChI is InChI=1S/C11H19NO/c1-3-4-8-12-10-6-5-7-11(9-10)13-2/h10-12H,5-9H2,1-2H3. The van der Waals surface area contributed by atoms with Crippen LogP contribution in [-0.4, -0.2) is 25.8 Å². The number of ether oxygens (including phenoxy) is 1. The zero-order valence-electron chi connectivity index (χ0n) is 8.60. The predicted molar refractivity (Wildman–Crippen MR) is 54.5 cm³/mol. The van der Waals surface area contributed by atoms with Gasteiger partial charge >= 0.3 is 0 Å². The molecule has 0 aromatic carbocycles. The second-order valence-corrected chi connectivity index (χ2v) is 3.53. The normalized spacial score (nSPS) is 27.8. The molecule has 1 fully saturated rings. The van der Waals surface area contributed by atoms with Gasteiger partial charge in [0.25, 0.3) is 0 Å². The number of rotatable bonds is 3. The van der Waals surface area contributed by atoms with Crippen molar-refractivity contribution in [2.45, 2.75) is 44.8 Å². The van der Waals surface area contributed by atoms with Crippen LogP contribution in [0.2, 0.25) is 0 Å². The van der Waals surface area contributed by atoms with E-state index in [9.17, 15) is 0 Å². The van der Waals surface area contributed by atoms with Gasteiger partial charge < -0.3 is 10.1 Å². The Kier molecular flexibility index (Phi) is 4.88. The van der Waals surface area contributed by atoms with E-state index in [1.54, 1.807) is 7.11 Å². The van der Waals surface area contributed by atoms with E-state index in [4.69, 9.17) is 4.74 Å². The largest absolute Gasteiger partial charge is 0.381 e. The summed E-state index contributed by atoms with van der Waals surface area (Å²) in [6.07, 6.45) is 5.36. The number of hydrogen-bond donors (Lipinski definition) is 1. The third-order valence-electron chi connectivity index (χ3n) is 2.62. The minimum Gasteiger partial charge on any atom is -0.381 e. The van der Waals surface area contributed by atoms with Gasteiger partial charge in [-0.2, -0.15) is 0 Å². The van der Waals surface area contributed by atoms with Crippen LogP contribution in [0.4, 0.5) is 0 Å². The highest BCUT2D eigenvalue weighted by Gasteiger charge is 2.20. The lowest BCUT2D eigenvalue weighted by Crippen LogP contribution is -2.36. The van der Waals surface area contributed by atoms with E-state index in [1.807, 2.05) is 6.92 Å². The van der Waals surface area contributed by atoms with E-state index in [0.29, 0.717) is 12.1 Å². The molecule has 1 aliphatic carbocycles. The summed E-state index contributed by atoms with van der Waals surface area (Å²) in [4.78, 5) is 0. The van der Waals surface area contributed by atoms with Crippen molar-refractivity contribution in [2.75, 3.05) is 13.7 Å². The highest BCUT2D eigenvalue weighted by atomic mass is 16.5. The molecule has 0 aromatic rings. The van der Waals surface area contributed by atoms with Gasteiger partial charge in [-0.15, -0.1) is 5.92 Å². The molecular formula is C11H19NO. The van der Waals surface area contributed by atoms with Crippen LogP contribution >= 0.6 is 0 Å². The van der Waals surface area contributed by atoms with Crippen LogP contribution in [0.25, 0.3) is 0 Å². The minimum atomic E-state index is 0.459. The zero-order valence-corrected chi connectivity index (χ0v) is 8.60. The maximum absolute atomic E-state index is 5.35. The van der Waals surface area contributed by atoms with Crippen LogP contribution in [-0.2, 0) is 4.74 Å².